The van der Waals surface area contributed by atoms with Gasteiger partial charge in [0.1, 0.15) is 0 Å². The Kier molecular flexibility index (Phi) is 5.22. The van der Waals surface area contributed by atoms with E-state index in [0.29, 0.717) is 0 Å². The molecule has 0 amide bonds. The smallest absolute Gasteiger partial charge is 0.190 e. The summed E-state index contributed by atoms with van der Waals surface area (Å²) in [4.78, 5) is 13.1. The van der Waals surface area contributed by atoms with Crippen molar-refractivity contribution in [3.8, 4) is 0 Å². The molecule has 1 rings (SSSR count). The van der Waals surface area contributed by atoms with E-state index in [9.17, 15) is 4.79 Å². The molecule has 0 bridgehead atoms. The van der Waals surface area contributed by atoms with Gasteiger partial charge in [0, 0.05) is 23.3 Å². The molecule has 0 N–H and O–H groups in total. The third kappa shape index (κ3) is 4.73. The van der Waals surface area contributed by atoms with Crippen LogP contribution >= 0.6 is 23.7 Å². The van der Waals surface area contributed by atoms with Crippen molar-refractivity contribution in [2.24, 2.45) is 0 Å². The Bertz CT molecular complexity index is 324. The minimum absolute atomic E-state index is 0.126. The SMILES string of the molecule is CCN(C)Sc1ccc(SC(C)=O)cc1. The Morgan fingerprint density at radius 3 is 2.27 bits per heavy atom. The molecule has 0 fully saturated rings. The van der Waals surface area contributed by atoms with E-state index in [1.54, 1.807) is 18.9 Å². The first-order valence-corrected chi connectivity index (χ1v) is 6.38. The fourth-order valence-electron chi connectivity index (χ4n) is 0.979. The lowest BCUT2D eigenvalue weighted by molar-refractivity contribution is -0.109. The quantitative estimate of drug-likeness (QED) is 0.595. The van der Waals surface area contributed by atoms with E-state index in [0.717, 1.165) is 11.4 Å². The first-order chi connectivity index (χ1) is 7.11. The number of hydrogen-bond donors (Lipinski definition) is 0. The minimum Gasteiger partial charge on any atom is -0.287 e. The van der Waals surface area contributed by atoms with E-state index < -0.39 is 0 Å². The van der Waals surface area contributed by atoms with E-state index >= 15 is 0 Å². The molecule has 0 unspecified atom stereocenters. The summed E-state index contributed by atoms with van der Waals surface area (Å²) in [6.07, 6.45) is 0. The molecule has 1 aromatic rings. The van der Waals surface area contributed by atoms with Gasteiger partial charge in [0.05, 0.1) is 0 Å². The van der Waals surface area contributed by atoms with Gasteiger partial charge >= 0.3 is 0 Å². The van der Waals surface area contributed by atoms with Gasteiger partial charge in [-0.1, -0.05) is 18.7 Å². The highest BCUT2D eigenvalue weighted by molar-refractivity contribution is 8.13. The number of nitrogens with zero attached hydrogens (tertiary/aromatic N) is 1. The standard InChI is InChI=1S/C11H15NOS2/c1-4-12(3)15-11-7-5-10(6-8-11)14-9(2)13/h5-8H,4H2,1-3H3. The Labute approximate surface area is 99.6 Å². The van der Waals surface area contributed by atoms with E-state index in [1.165, 1.54) is 16.7 Å². The summed E-state index contributed by atoms with van der Waals surface area (Å²) in [6.45, 7) is 4.71. The number of rotatable bonds is 4. The molecule has 0 saturated carbocycles. The van der Waals surface area contributed by atoms with E-state index in [2.05, 4.69) is 18.3 Å². The molecule has 0 radical (unpaired) electrons. The van der Waals surface area contributed by atoms with Gasteiger partial charge in [-0.15, -0.1) is 0 Å². The van der Waals surface area contributed by atoms with Crippen molar-refractivity contribution < 1.29 is 4.79 Å². The second-order valence-electron chi connectivity index (χ2n) is 3.10. The lowest BCUT2D eigenvalue weighted by atomic mass is 10.4. The van der Waals surface area contributed by atoms with Gasteiger partial charge in [-0.2, -0.15) is 0 Å². The Hall–Kier alpha value is -0.450. The van der Waals surface area contributed by atoms with Crippen LogP contribution in [0.2, 0.25) is 0 Å². The Balaban J connectivity index is 2.60. The number of thioether (sulfide) groups is 1. The summed E-state index contributed by atoms with van der Waals surface area (Å²) in [5, 5.41) is 0.126. The van der Waals surface area contributed by atoms with Gasteiger partial charge in [-0.25, -0.2) is 4.31 Å². The second kappa shape index (κ2) is 6.20. The van der Waals surface area contributed by atoms with Crippen molar-refractivity contribution in [1.29, 1.82) is 0 Å². The highest BCUT2D eigenvalue weighted by Gasteiger charge is 2.01. The average Bonchev–Trinajstić information content (AvgIpc) is 2.20. The van der Waals surface area contributed by atoms with E-state index in [-0.39, 0.29) is 5.12 Å². The molecule has 0 aliphatic rings. The van der Waals surface area contributed by atoms with Crippen LogP contribution in [-0.4, -0.2) is 23.0 Å². The summed E-state index contributed by atoms with van der Waals surface area (Å²) >= 11 is 2.98. The van der Waals surface area contributed by atoms with Crippen molar-refractivity contribution in [2.45, 2.75) is 23.6 Å². The van der Waals surface area contributed by atoms with Gasteiger partial charge in [-0.3, -0.25) is 4.79 Å². The van der Waals surface area contributed by atoms with E-state index in [1.807, 2.05) is 24.3 Å². The molecule has 0 saturated heterocycles. The van der Waals surface area contributed by atoms with Gasteiger partial charge in [0.15, 0.2) is 5.12 Å². The molecule has 0 heterocycles. The van der Waals surface area contributed by atoms with Crippen LogP contribution in [0.25, 0.3) is 0 Å². The molecule has 0 aliphatic carbocycles. The maximum Gasteiger partial charge on any atom is 0.190 e. The molecule has 1 aromatic carbocycles. The minimum atomic E-state index is 0.126. The zero-order valence-corrected chi connectivity index (χ0v) is 10.8. The lowest BCUT2D eigenvalue weighted by Crippen LogP contribution is -2.06. The topological polar surface area (TPSA) is 20.3 Å². The maximum absolute atomic E-state index is 10.9. The third-order valence-electron chi connectivity index (χ3n) is 1.79. The van der Waals surface area contributed by atoms with Gasteiger partial charge < -0.3 is 0 Å². The van der Waals surface area contributed by atoms with Crippen molar-refractivity contribution >= 4 is 28.8 Å². The fourth-order valence-corrected chi connectivity index (χ4v) is 2.33. The van der Waals surface area contributed by atoms with Gasteiger partial charge in [-0.05, 0) is 43.3 Å². The van der Waals surface area contributed by atoms with Crippen LogP contribution in [0.15, 0.2) is 34.1 Å². The fraction of sp³-hybridized carbons (Fsp3) is 0.364. The van der Waals surface area contributed by atoms with Crippen molar-refractivity contribution in [2.75, 3.05) is 13.6 Å². The zero-order chi connectivity index (χ0) is 11.3. The van der Waals surface area contributed by atoms with Crippen LogP contribution in [0.3, 0.4) is 0 Å². The second-order valence-corrected chi connectivity index (χ2v) is 5.63. The van der Waals surface area contributed by atoms with Crippen molar-refractivity contribution in [1.82, 2.24) is 4.31 Å². The van der Waals surface area contributed by atoms with Crippen LogP contribution in [-0.2, 0) is 4.79 Å². The summed E-state index contributed by atoms with van der Waals surface area (Å²) in [7, 11) is 2.06. The molecule has 0 spiro atoms. The number of carbonyl (C=O) groups is 1. The highest BCUT2D eigenvalue weighted by Crippen LogP contribution is 2.25. The van der Waals surface area contributed by atoms with Crippen LogP contribution < -0.4 is 0 Å². The summed E-state index contributed by atoms with van der Waals surface area (Å²) in [5.74, 6) is 0. The Morgan fingerprint density at radius 1 is 1.27 bits per heavy atom. The highest BCUT2D eigenvalue weighted by atomic mass is 32.2. The molecule has 82 valence electrons. The zero-order valence-electron chi connectivity index (χ0n) is 9.19. The van der Waals surface area contributed by atoms with E-state index in [4.69, 9.17) is 0 Å². The molecular formula is C11H15NOS2. The van der Waals surface area contributed by atoms with Crippen LogP contribution in [0, 0.1) is 0 Å². The predicted octanol–water partition coefficient (Wildman–Crippen LogP) is 3.28. The summed E-state index contributed by atoms with van der Waals surface area (Å²) in [6, 6.07) is 8.06. The molecule has 0 aliphatic heterocycles. The van der Waals surface area contributed by atoms with Crippen LogP contribution in [0.4, 0.5) is 0 Å². The number of carbonyl (C=O) groups excluding carboxylic acids is 1. The largest absolute Gasteiger partial charge is 0.287 e. The van der Waals surface area contributed by atoms with Gasteiger partial charge in [0.25, 0.3) is 0 Å². The van der Waals surface area contributed by atoms with Crippen LogP contribution in [0.1, 0.15) is 13.8 Å². The van der Waals surface area contributed by atoms with Gasteiger partial charge in [0.2, 0.25) is 0 Å². The van der Waals surface area contributed by atoms with Crippen molar-refractivity contribution in [3.63, 3.8) is 0 Å². The number of benzene rings is 1. The predicted molar refractivity (Wildman–Crippen MR) is 67.1 cm³/mol. The number of hydrogen-bond acceptors (Lipinski definition) is 4. The summed E-state index contributed by atoms with van der Waals surface area (Å²) < 4.78 is 2.16. The first kappa shape index (κ1) is 12.6. The molecule has 0 atom stereocenters. The monoisotopic (exact) mass is 241 g/mol. The first-order valence-electron chi connectivity index (χ1n) is 4.79. The maximum atomic E-state index is 10.9. The molecule has 0 aromatic heterocycles. The molecule has 2 nitrogen and oxygen atoms in total. The third-order valence-corrected chi connectivity index (χ3v) is 3.64. The molecule has 15 heavy (non-hydrogen) atoms. The normalized spacial score (nSPS) is 10.7. The Morgan fingerprint density at radius 2 is 1.80 bits per heavy atom. The summed E-state index contributed by atoms with van der Waals surface area (Å²) in [5.41, 5.74) is 0. The molecule has 4 heteroatoms. The molecular weight excluding hydrogens is 226 g/mol. The van der Waals surface area contributed by atoms with Crippen LogP contribution in [0.5, 0.6) is 0 Å². The average molecular weight is 241 g/mol. The lowest BCUT2D eigenvalue weighted by Gasteiger charge is -2.12. The van der Waals surface area contributed by atoms with Crippen molar-refractivity contribution in [3.05, 3.63) is 24.3 Å².